The van der Waals surface area contributed by atoms with Crippen molar-refractivity contribution >= 4 is 64.7 Å². The van der Waals surface area contributed by atoms with Gasteiger partial charge in [0.1, 0.15) is 11.1 Å². The first-order valence-electron chi connectivity index (χ1n) is 14.0. The fraction of sp³-hybridized carbons (Fsp3) is 0. The summed E-state index contributed by atoms with van der Waals surface area (Å²) < 4.78 is 8.72. The van der Waals surface area contributed by atoms with Crippen molar-refractivity contribution in [1.29, 1.82) is 0 Å². The lowest BCUT2D eigenvalue weighted by molar-refractivity contribution is 0.655. The van der Waals surface area contributed by atoms with Gasteiger partial charge in [-0.2, -0.15) is 0 Å². The smallest absolute Gasteiger partial charge is 0.246 e. The van der Waals surface area contributed by atoms with E-state index in [0.29, 0.717) is 5.71 Å². The predicted molar refractivity (Wildman–Crippen MR) is 176 cm³/mol. The van der Waals surface area contributed by atoms with E-state index in [1.54, 1.807) is 0 Å². The van der Waals surface area contributed by atoms with Crippen LogP contribution in [0.2, 0.25) is 0 Å². The molecule has 0 unspecified atom stereocenters. The van der Waals surface area contributed by atoms with Gasteiger partial charge in [-0.15, -0.1) is 11.3 Å². The van der Waals surface area contributed by atoms with Gasteiger partial charge in [0.2, 0.25) is 5.71 Å². The van der Waals surface area contributed by atoms with Crippen LogP contribution in [0.4, 0.5) is 0 Å². The molecule has 9 rings (SSSR count). The van der Waals surface area contributed by atoms with Crippen LogP contribution < -0.4 is 0 Å². The third kappa shape index (κ3) is 3.73. The minimum atomic E-state index is 0.570. The zero-order chi connectivity index (χ0) is 27.6. The Morgan fingerprint density at radius 1 is 0.429 bits per heavy atom. The number of furan rings is 1. The number of nitrogens with zero attached hydrogens (tertiary/aromatic N) is 2. The maximum Gasteiger partial charge on any atom is 0.246 e. The van der Waals surface area contributed by atoms with Gasteiger partial charge in [0.05, 0.1) is 11.0 Å². The third-order valence-electron chi connectivity index (χ3n) is 8.08. The molecule has 0 atom stereocenters. The van der Waals surface area contributed by atoms with Crippen LogP contribution in [0.15, 0.2) is 138 Å². The van der Waals surface area contributed by atoms with Crippen LogP contribution >= 0.6 is 11.3 Å². The Balaban J connectivity index is 1.11. The fourth-order valence-corrected chi connectivity index (χ4v) is 7.13. The summed E-state index contributed by atoms with van der Waals surface area (Å²) in [6, 6.07) is 47.3. The Kier molecular flexibility index (Phi) is 5.07. The zero-order valence-electron chi connectivity index (χ0n) is 22.4. The number of para-hydroxylation sites is 2. The molecule has 0 aliphatic carbocycles. The Hall–Kier alpha value is -5.32. The molecule has 0 aliphatic rings. The molecular formula is C38H22N2OS. The highest BCUT2D eigenvalue weighted by Crippen LogP contribution is 2.38. The van der Waals surface area contributed by atoms with E-state index in [-0.39, 0.29) is 0 Å². The molecule has 6 aromatic carbocycles. The Bertz CT molecular complexity index is 2490. The number of thiophene rings is 1. The molecule has 0 amide bonds. The van der Waals surface area contributed by atoms with Crippen LogP contribution in [0.3, 0.4) is 0 Å². The standard InChI is InChI=1S/C38H22N2OS/c1-4-14-35-29(11-1)30-17-15-28(22-36(30)42-35)26-10-6-8-24(20-26)23-7-5-9-25(19-23)27-16-18-34-31(21-27)37-38(41-34)40-33-13-3-2-12-32(33)39-37/h1-22H. The summed E-state index contributed by atoms with van der Waals surface area (Å²) in [6.07, 6.45) is 0. The van der Waals surface area contributed by atoms with Crippen LogP contribution in [0.5, 0.6) is 0 Å². The van der Waals surface area contributed by atoms with Crippen LogP contribution in [-0.2, 0) is 0 Å². The topological polar surface area (TPSA) is 38.9 Å². The normalized spacial score (nSPS) is 11.8. The lowest BCUT2D eigenvalue weighted by Crippen LogP contribution is -1.85. The average molecular weight is 555 g/mol. The molecule has 0 N–H and O–H groups in total. The molecule has 0 aliphatic heterocycles. The molecule has 4 heteroatoms. The molecule has 9 aromatic rings. The molecule has 0 radical (unpaired) electrons. The second-order valence-corrected chi connectivity index (χ2v) is 11.7. The van der Waals surface area contributed by atoms with Crippen molar-refractivity contribution in [3.05, 3.63) is 133 Å². The van der Waals surface area contributed by atoms with Crippen molar-refractivity contribution in [3.8, 4) is 33.4 Å². The van der Waals surface area contributed by atoms with Crippen LogP contribution in [-0.4, -0.2) is 9.97 Å². The van der Waals surface area contributed by atoms with E-state index in [0.717, 1.165) is 38.6 Å². The number of rotatable bonds is 3. The highest BCUT2D eigenvalue weighted by atomic mass is 32.1. The maximum absolute atomic E-state index is 6.07. The van der Waals surface area contributed by atoms with E-state index in [1.165, 1.54) is 42.4 Å². The number of benzene rings is 6. The summed E-state index contributed by atoms with van der Waals surface area (Å²) in [6.45, 7) is 0. The number of fused-ring (bicyclic) bond motifs is 7. The van der Waals surface area contributed by atoms with E-state index >= 15 is 0 Å². The van der Waals surface area contributed by atoms with Gasteiger partial charge in [-0.1, -0.05) is 84.9 Å². The highest BCUT2D eigenvalue weighted by molar-refractivity contribution is 7.25. The monoisotopic (exact) mass is 554 g/mol. The third-order valence-corrected chi connectivity index (χ3v) is 9.22. The summed E-state index contributed by atoms with van der Waals surface area (Å²) in [5, 5.41) is 3.63. The molecule has 0 fully saturated rings. The van der Waals surface area contributed by atoms with Gasteiger partial charge in [-0.05, 0) is 81.9 Å². The molecule has 42 heavy (non-hydrogen) atoms. The van der Waals surface area contributed by atoms with Gasteiger partial charge in [-0.3, -0.25) is 0 Å². The lowest BCUT2D eigenvalue weighted by atomic mass is 9.95. The summed E-state index contributed by atoms with van der Waals surface area (Å²) in [4.78, 5) is 9.58. The van der Waals surface area contributed by atoms with Crippen molar-refractivity contribution in [1.82, 2.24) is 9.97 Å². The number of hydrogen-bond acceptors (Lipinski definition) is 4. The minimum Gasteiger partial charge on any atom is -0.436 e. The van der Waals surface area contributed by atoms with Crippen molar-refractivity contribution in [2.45, 2.75) is 0 Å². The quantitative estimate of drug-likeness (QED) is 0.218. The second kappa shape index (κ2) is 9.10. The van der Waals surface area contributed by atoms with Gasteiger partial charge in [0, 0.05) is 25.6 Å². The molecule has 3 aromatic heterocycles. The first kappa shape index (κ1) is 23.4. The van der Waals surface area contributed by atoms with Gasteiger partial charge < -0.3 is 4.42 Å². The van der Waals surface area contributed by atoms with E-state index in [9.17, 15) is 0 Å². The largest absolute Gasteiger partial charge is 0.436 e. The van der Waals surface area contributed by atoms with Crippen molar-refractivity contribution in [3.63, 3.8) is 0 Å². The second-order valence-electron chi connectivity index (χ2n) is 10.6. The van der Waals surface area contributed by atoms with Crippen LogP contribution in [0, 0.1) is 0 Å². The first-order chi connectivity index (χ1) is 20.8. The molecule has 0 saturated carbocycles. The summed E-state index contributed by atoms with van der Waals surface area (Å²) >= 11 is 1.86. The predicted octanol–water partition coefficient (Wildman–Crippen LogP) is 10.9. The van der Waals surface area contributed by atoms with Crippen molar-refractivity contribution < 1.29 is 4.42 Å². The van der Waals surface area contributed by atoms with E-state index in [1.807, 2.05) is 41.7 Å². The van der Waals surface area contributed by atoms with Crippen molar-refractivity contribution in [2.24, 2.45) is 0 Å². The Labute approximate surface area is 245 Å². The molecule has 196 valence electrons. The minimum absolute atomic E-state index is 0.570. The van der Waals surface area contributed by atoms with Crippen LogP contribution in [0.1, 0.15) is 0 Å². The van der Waals surface area contributed by atoms with Gasteiger partial charge >= 0.3 is 0 Å². The molecule has 3 nitrogen and oxygen atoms in total. The Morgan fingerprint density at radius 2 is 1.02 bits per heavy atom. The van der Waals surface area contributed by atoms with E-state index in [4.69, 9.17) is 14.4 Å². The van der Waals surface area contributed by atoms with E-state index in [2.05, 4.69) is 103 Å². The van der Waals surface area contributed by atoms with Crippen LogP contribution in [0.25, 0.3) is 86.8 Å². The average Bonchev–Trinajstić information content (AvgIpc) is 3.60. The highest BCUT2D eigenvalue weighted by Gasteiger charge is 2.13. The Morgan fingerprint density at radius 3 is 1.79 bits per heavy atom. The van der Waals surface area contributed by atoms with Crippen molar-refractivity contribution in [2.75, 3.05) is 0 Å². The lowest BCUT2D eigenvalue weighted by Gasteiger charge is -2.09. The van der Waals surface area contributed by atoms with E-state index < -0.39 is 0 Å². The summed E-state index contributed by atoms with van der Waals surface area (Å²) in [7, 11) is 0. The van der Waals surface area contributed by atoms with Gasteiger partial charge in [0.15, 0.2) is 0 Å². The SMILES string of the molecule is c1cc(-c2cccc(-c3ccc4oc5nc6ccccc6nc5c4c3)c2)cc(-c2ccc3c(c2)sc2ccccc23)c1. The fourth-order valence-electron chi connectivity index (χ4n) is 5.98. The van der Waals surface area contributed by atoms with Gasteiger partial charge in [0.25, 0.3) is 0 Å². The molecular weight excluding hydrogens is 532 g/mol. The first-order valence-corrected chi connectivity index (χ1v) is 14.8. The summed E-state index contributed by atoms with van der Waals surface area (Å²) in [5.41, 5.74) is 11.0. The number of hydrogen-bond donors (Lipinski definition) is 0. The molecule has 0 spiro atoms. The number of aromatic nitrogens is 2. The molecule has 0 saturated heterocycles. The summed E-state index contributed by atoms with van der Waals surface area (Å²) in [5.74, 6) is 0. The van der Waals surface area contributed by atoms with Gasteiger partial charge in [-0.25, -0.2) is 9.97 Å². The maximum atomic E-state index is 6.07. The molecule has 3 heterocycles. The zero-order valence-corrected chi connectivity index (χ0v) is 23.2. The molecule has 0 bridgehead atoms.